The van der Waals surface area contributed by atoms with E-state index in [9.17, 15) is 22.8 Å². The average molecular weight is 415 g/mol. The Balaban J connectivity index is 1.89. The molecule has 0 spiro atoms. The fraction of sp³-hybridized carbons (Fsp3) is 0.250. The van der Waals surface area contributed by atoms with Crippen molar-refractivity contribution in [2.75, 3.05) is 13.6 Å². The molecule has 3 rings (SSSR count). The molecule has 29 heavy (non-hydrogen) atoms. The highest BCUT2D eigenvalue weighted by Gasteiger charge is 2.43. The SMILES string of the molecule is CNC(=O)[C@@H](C)N(Cc1ccccc1)C(=O)CN1C(=O)c2ccccc2S1(=O)=O. The van der Waals surface area contributed by atoms with E-state index in [1.54, 1.807) is 37.3 Å². The first-order valence-corrected chi connectivity index (χ1v) is 10.4. The molecule has 0 aliphatic carbocycles. The molecule has 0 bridgehead atoms. The van der Waals surface area contributed by atoms with E-state index >= 15 is 0 Å². The molecule has 8 nitrogen and oxygen atoms in total. The number of rotatable bonds is 6. The number of hydrogen-bond donors (Lipinski definition) is 1. The lowest BCUT2D eigenvalue weighted by atomic mass is 10.1. The van der Waals surface area contributed by atoms with Gasteiger partial charge in [-0.15, -0.1) is 0 Å². The number of fused-ring (bicyclic) bond motifs is 1. The van der Waals surface area contributed by atoms with Gasteiger partial charge in [-0.2, -0.15) is 0 Å². The summed E-state index contributed by atoms with van der Waals surface area (Å²) in [5.41, 5.74) is 0.810. The zero-order valence-electron chi connectivity index (χ0n) is 16.0. The molecule has 0 saturated carbocycles. The standard InChI is InChI=1S/C20H21N3O5S/c1-14(19(25)21-2)22(12-15-8-4-3-5-9-15)18(24)13-23-20(26)16-10-6-7-11-17(16)29(23,27)28/h3-11,14H,12-13H2,1-2H3,(H,21,25)/t14-/m1/s1. The summed E-state index contributed by atoms with van der Waals surface area (Å²) >= 11 is 0. The van der Waals surface area contributed by atoms with Crippen LogP contribution in [0.4, 0.5) is 0 Å². The van der Waals surface area contributed by atoms with Gasteiger partial charge in [0.25, 0.3) is 15.9 Å². The highest BCUT2D eigenvalue weighted by molar-refractivity contribution is 7.90. The van der Waals surface area contributed by atoms with E-state index in [0.717, 1.165) is 5.56 Å². The second-order valence-corrected chi connectivity index (χ2v) is 8.44. The number of nitrogens with one attached hydrogen (secondary N) is 1. The van der Waals surface area contributed by atoms with E-state index in [1.165, 1.54) is 30.1 Å². The molecule has 0 unspecified atom stereocenters. The molecule has 1 aliphatic heterocycles. The van der Waals surface area contributed by atoms with E-state index < -0.39 is 40.3 Å². The van der Waals surface area contributed by atoms with E-state index in [4.69, 9.17) is 0 Å². The first-order valence-electron chi connectivity index (χ1n) is 8.98. The predicted octanol–water partition coefficient (Wildman–Crippen LogP) is 0.994. The van der Waals surface area contributed by atoms with E-state index in [0.29, 0.717) is 4.31 Å². The van der Waals surface area contributed by atoms with Crippen LogP contribution in [0.1, 0.15) is 22.8 Å². The Bertz CT molecular complexity index is 1050. The molecular weight excluding hydrogens is 394 g/mol. The molecule has 1 N–H and O–H groups in total. The third-order valence-electron chi connectivity index (χ3n) is 4.80. The van der Waals surface area contributed by atoms with Gasteiger partial charge in [0, 0.05) is 13.6 Å². The van der Waals surface area contributed by atoms with Gasteiger partial charge in [-0.05, 0) is 24.6 Å². The molecule has 2 aromatic carbocycles. The fourth-order valence-electron chi connectivity index (χ4n) is 3.17. The minimum Gasteiger partial charge on any atom is -0.357 e. The van der Waals surface area contributed by atoms with Crippen molar-refractivity contribution in [1.82, 2.24) is 14.5 Å². The maximum absolute atomic E-state index is 13.0. The molecule has 0 fully saturated rings. The van der Waals surface area contributed by atoms with Crippen molar-refractivity contribution in [2.24, 2.45) is 0 Å². The van der Waals surface area contributed by atoms with Crippen LogP contribution in [0.25, 0.3) is 0 Å². The van der Waals surface area contributed by atoms with Crippen molar-refractivity contribution in [3.05, 3.63) is 65.7 Å². The number of carbonyl (C=O) groups is 3. The van der Waals surface area contributed by atoms with Crippen molar-refractivity contribution in [2.45, 2.75) is 24.4 Å². The Hall–Kier alpha value is -3.20. The zero-order chi connectivity index (χ0) is 21.2. The van der Waals surface area contributed by atoms with Crippen molar-refractivity contribution in [3.63, 3.8) is 0 Å². The molecule has 9 heteroatoms. The molecule has 1 aliphatic rings. The molecule has 0 radical (unpaired) electrons. The lowest BCUT2D eigenvalue weighted by Gasteiger charge is -2.29. The average Bonchev–Trinajstić information content (AvgIpc) is 2.92. The summed E-state index contributed by atoms with van der Waals surface area (Å²) in [6.45, 7) is 0.974. The van der Waals surface area contributed by atoms with Crippen LogP contribution in [-0.4, -0.2) is 55.0 Å². The summed E-state index contributed by atoms with van der Waals surface area (Å²) in [7, 11) is -2.66. The highest BCUT2D eigenvalue weighted by Crippen LogP contribution is 2.29. The second-order valence-electron chi connectivity index (χ2n) is 6.61. The Morgan fingerprint density at radius 3 is 2.31 bits per heavy atom. The Morgan fingerprint density at radius 1 is 1.07 bits per heavy atom. The maximum atomic E-state index is 13.0. The monoisotopic (exact) mass is 415 g/mol. The largest absolute Gasteiger partial charge is 0.357 e. The van der Waals surface area contributed by atoms with Gasteiger partial charge in [0.05, 0.1) is 5.56 Å². The van der Waals surface area contributed by atoms with Crippen molar-refractivity contribution >= 4 is 27.7 Å². The first kappa shape index (κ1) is 20.5. The quantitative estimate of drug-likeness (QED) is 0.758. The lowest BCUT2D eigenvalue weighted by molar-refractivity contribution is -0.140. The van der Waals surface area contributed by atoms with Crippen LogP contribution < -0.4 is 5.32 Å². The minimum absolute atomic E-state index is 0.0364. The Labute approximate surface area is 169 Å². The smallest absolute Gasteiger partial charge is 0.269 e. The summed E-state index contributed by atoms with van der Waals surface area (Å²) in [4.78, 5) is 38.9. The van der Waals surface area contributed by atoms with E-state index in [2.05, 4.69) is 5.32 Å². The number of amides is 3. The van der Waals surface area contributed by atoms with Crippen LogP contribution in [0.5, 0.6) is 0 Å². The Morgan fingerprint density at radius 2 is 1.69 bits per heavy atom. The number of nitrogens with zero attached hydrogens (tertiary/aromatic N) is 2. The van der Waals surface area contributed by atoms with Gasteiger partial charge in [0.15, 0.2) is 0 Å². The van der Waals surface area contributed by atoms with Gasteiger partial charge in [-0.25, -0.2) is 12.7 Å². The zero-order valence-corrected chi connectivity index (χ0v) is 16.8. The molecule has 1 heterocycles. The van der Waals surface area contributed by atoms with Gasteiger partial charge in [0.2, 0.25) is 11.8 Å². The first-order chi connectivity index (χ1) is 13.8. The van der Waals surface area contributed by atoms with Crippen LogP contribution in [0.3, 0.4) is 0 Å². The lowest BCUT2D eigenvalue weighted by Crippen LogP contribution is -2.50. The van der Waals surface area contributed by atoms with Crippen LogP contribution in [0, 0.1) is 0 Å². The molecule has 0 saturated heterocycles. The van der Waals surface area contributed by atoms with Gasteiger partial charge >= 0.3 is 0 Å². The van der Waals surface area contributed by atoms with Crippen molar-refractivity contribution in [3.8, 4) is 0 Å². The second kappa shape index (κ2) is 8.04. The molecule has 2 aromatic rings. The van der Waals surface area contributed by atoms with Gasteiger partial charge in [-0.3, -0.25) is 14.4 Å². The van der Waals surface area contributed by atoms with Crippen LogP contribution >= 0.6 is 0 Å². The third-order valence-corrected chi connectivity index (χ3v) is 6.59. The predicted molar refractivity (Wildman–Crippen MR) is 105 cm³/mol. The highest BCUT2D eigenvalue weighted by atomic mass is 32.2. The van der Waals surface area contributed by atoms with Gasteiger partial charge in [0.1, 0.15) is 17.5 Å². The molecule has 1 atom stereocenters. The van der Waals surface area contributed by atoms with E-state index in [-0.39, 0.29) is 17.0 Å². The van der Waals surface area contributed by atoms with Crippen LogP contribution in [0.2, 0.25) is 0 Å². The number of hydrogen-bond acceptors (Lipinski definition) is 5. The number of likely N-dealkylation sites (N-methyl/N-ethyl adjacent to an activating group) is 1. The molecule has 3 amide bonds. The normalized spacial score (nSPS) is 15.5. The third kappa shape index (κ3) is 3.86. The van der Waals surface area contributed by atoms with Crippen LogP contribution in [0.15, 0.2) is 59.5 Å². The Kier molecular flexibility index (Phi) is 5.69. The van der Waals surface area contributed by atoms with E-state index in [1.807, 2.05) is 6.07 Å². The summed E-state index contributed by atoms with van der Waals surface area (Å²) in [6.07, 6.45) is 0. The van der Waals surface area contributed by atoms with Crippen molar-refractivity contribution in [1.29, 1.82) is 0 Å². The number of benzene rings is 2. The van der Waals surface area contributed by atoms with Crippen molar-refractivity contribution < 1.29 is 22.8 Å². The minimum atomic E-state index is -4.11. The van der Waals surface area contributed by atoms with Gasteiger partial charge < -0.3 is 10.2 Å². The molecule has 0 aromatic heterocycles. The summed E-state index contributed by atoms with van der Waals surface area (Å²) in [6, 6.07) is 14.0. The summed E-state index contributed by atoms with van der Waals surface area (Å²) in [5.74, 6) is -1.79. The molecule has 152 valence electrons. The van der Waals surface area contributed by atoms with Gasteiger partial charge in [-0.1, -0.05) is 42.5 Å². The topological polar surface area (TPSA) is 104 Å². The molecular formula is C20H21N3O5S. The number of sulfonamides is 1. The fourth-order valence-corrected chi connectivity index (χ4v) is 4.69. The summed E-state index contributed by atoms with van der Waals surface area (Å²) in [5, 5.41) is 2.49. The summed E-state index contributed by atoms with van der Waals surface area (Å²) < 4.78 is 26.0. The number of carbonyl (C=O) groups excluding carboxylic acids is 3. The maximum Gasteiger partial charge on any atom is 0.269 e. The van der Waals surface area contributed by atoms with Crippen LogP contribution in [-0.2, 0) is 26.2 Å².